The first-order chi connectivity index (χ1) is 19.4. The Kier molecular flexibility index (Phi) is 7.62. The van der Waals surface area contributed by atoms with Crippen LogP contribution in [0.25, 0.3) is 22.2 Å². The highest BCUT2D eigenvalue weighted by Crippen LogP contribution is 2.38. The van der Waals surface area contributed by atoms with E-state index >= 15 is 0 Å². The predicted molar refractivity (Wildman–Crippen MR) is 151 cm³/mol. The van der Waals surface area contributed by atoms with E-state index in [9.17, 15) is 21.6 Å². The van der Waals surface area contributed by atoms with Crippen LogP contribution in [0.15, 0.2) is 71.9 Å². The average molecular weight is 623 g/mol. The highest BCUT2D eigenvalue weighted by Gasteiger charge is 2.32. The summed E-state index contributed by atoms with van der Waals surface area (Å²) in [6, 6.07) is 14.6. The molecule has 2 aromatic heterocycles. The minimum atomic E-state index is -4.53. The molecular weight excluding hydrogens is 601 g/mol. The third kappa shape index (κ3) is 5.44. The molecule has 5 rings (SSSR count). The van der Waals surface area contributed by atoms with Gasteiger partial charge < -0.3 is 14.0 Å². The normalized spacial score (nSPS) is 12.1. The van der Waals surface area contributed by atoms with Gasteiger partial charge in [-0.15, -0.1) is 0 Å². The zero-order chi connectivity index (χ0) is 29.5. The van der Waals surface area contributed by atoms with Crippen LogP contribution in [0.2, 0.25) is 5.02 Å². The number of hydrogen-bond donors (Lipinski definition) is 0. The van der Waals surface area contributed by atoms with Crippen molar-refractivity contribution in [3.8, 4) is 22.8 Å². The molecule has 3 aromatic carbocycles. The Balaban J connectivity index is 1.57. The number of fused-ring (bicyclic) bond motifs is 1. The molecule has 0 N–H and O–H groups in total. The Morgan fingerprint density at radius 2 is 1.80 bits per heavy atom. The number of nitrogens with zero attached hydrogens (tertiary/aromatic N) is 4. The molecule has 0 aliphatic carbocycles. The minimum absolute atomic E-state index is 0.0149. The van der Waals surface area contributed by atoms with Crippen molar-refractivity contribution in [3.05, 3.63) is 83.1 Å². The molecule has 0 saturated heterocycles. The summed E-state index contributed by atoms with van der Waals surface area (Å²) in [6.45, 7) is -0.0950. The topological polar surface area (TPSA) is 86.5 Å². The summed E-state index contributed by atoms with van der Waals surface area (Å²) in [5, 5.41) is 0.762. The van der Waals surface area contributed by atoms with Gasteiger partial charge in [0, 0.05) is 46.7 Å². The van der Waals surface area contributed by atoms with Crippen LogP contribution in [0.3, 0.4) is 0 Å². The van der Waals surface area contributed by atoms with Crippen LogP contribution >= 0.6 is 23.1 Å². The molecular formula is C27H22ClF3N4O4S2. The van der Waals surface area contributed by atoms with E-state index in [0.717, 1.165) is 28.0 Å². The molecule has 0 spiro atoms. The number of anilines is 1. The van der Waals surface area contributed by atoms with E-state index in [1.165, 1.54) is 38.7 Å². The molecule has 0 fully saturated rings. The van der Waals surface area contributed by atoms with Gasteiger partial charge in [0.15, 0.2) is 0 Å². The van der Waals surface area contributed by atoms with Crippen LogP contribution in [0.5, 0.6) is 11.5 Å². The molecule has 0 amide bonds. The van der Waals surface area contributed by atoms with Crippen molar-refractivity contribution in [3.63, 3.8) is 0 Å². The van der Waals surface area contributed by atoms with E-state index < -0.39 is 21.8 Å². The maximum absolute atomic E-state index is 14.0. The molecule has 0 aliphatic heterocycles. The van der Waals surface area contributed by atoms with Crippen LogP contribution < -0.4 is 13.8 Å². The van der Waals surface area contributed by atoms with Gasteiger partial charge in [-0.05, 0) is 42.5 Å². The van der Waals surface area contributed by atoms with E-state index in [0.29, 0.717) is 39.2 Å². The Morgan fingerprint density at radius 1 is 1.02 bits per heavy atom. The SMILES string of the molecule is COc1ccc(CN(c2ncns2)S(=O)(=O)c2ccc3cc(-c4ccc(C(F)(F)F)cc4Cl)n(C)c3c2)c(OC)c1. The molecule has 14 heteroatoms. The van der Waals surface area contributed by atoms with Gasteiger partial charge in [-0.3, -0.25) is 0 Å². The average Bonchev–Trinajstić information content (AvgIpc) is 3.59. The zero-order valence-corrected chi connectivity index (χ0v) is 24.2. The van der Waals surface area contributed by atoms with Crippen molar-refractivity contribution in [2.24, 2.45) is 7.05 Å². The molecule has 0 radical (unpaired) electrons. The van der Waals surface area contributed by atoms with E-state index in [1.807, 2.05) is 0 Å². The minimum Gasteiger partial charge on any atom is -0.497 e. The highest BCUT2D eigenvalue weighted by molar-refractivity contribution is 7.93. The number of rotatable bonds is 8. The molecule has 214 valence electrons. The van der Waals surface area contributed by atoms with E-state index in [-0.39, 0.29) is 21.6 Å². The molecule has 0 unspecified atom stereocenters. The van der Waals surface area contributed by atoms with Gasteiger partial charge in [0.1, 0.15) is 17.8 Å². The van der Waals surface area contributed by atoms with Gasteiger partial charge in [-0.1, -0.05) is 23.7 Å². The summed E-state index contributed by atoms with van der Waals surface area (Å²) in [7, 11) is 0.516. The van der Waals surface area contributed by atoms with Gasteiger partial charge in [0.05, 0.1) is 41.9 Å². The maximum Gasteiger partial charge on any atom is 0.416 e. The van der Waals surface area contributed by atoms with Gasteiger partial charge in [0.2, 0.25) is 5.13 Å². The van der Waals surface area contributed by atoms with Crippen molar-refractivity contribution < 1.29 is 31.1 Å². The fourth-order valence-corrected chi connectivity index (χ4v) is 6.85. The standard InChI is InChI=1S/C27H22ClF3N4O4S2/c1-34-23-13-20(8-5-16(23)10-24(34)21-9-6-18(11-22(21)28)27(29,30)31)41(36,37)35(26-32-15-33-40-26)14-17-4-7-19(38-2)12-25(17)39-3/h4-13,15H,14H2,1-3H3. The molecule has 0 saturated carbocycles. The number of hydrogen-bond acceptors (Lipinski definition) is 7. The summed E-state index contributed by atoms with van der Waals surface area (Å²) in [5.41, 5.74) is 1.16. The molecule has 0 bridgehead atoms. The first kappa shape index (κ1) is 28.7. The number of sulfonamides is 1. The number of methoxy groups -OCH3 is 2. The number of aryl methyl sites for hydroxylation is 1. The van der Waals surface area contributed by atoms with Crippen molar-refractivity contribution in [1.29, 1.82) is 0 Å². The van der Waals surface area contributed by atoms with Crippen LogP contribution in [0, 0.1) is 0 Å². The second kappa shape index (κ2) is 10.9. The Labute approximate surface area is 242 Å². The molecule has 0 aliphatic rings. The third-order valence-corrected chi connectivity index (χ3v) is 9.40. The first-order valence-electron chi connectivity index (χ1n) is 11.9. The van der Waals surface area contributed by atoms with Gasteiger partial charge in [0.25, 0.3) is 10.0 Å². The molecule has 5 aromatic rings. The summed E-state index contributed by atoms with van der Waals surface area (Å²) in [6.07, 6.45) is -3.26. The number of aromatic nitrogens is 3. The second-order valence-corrected chi connectivity index (χ2v) is 11.9. The Bertz CT molecular complexity index is 1840. The number of benzene rings is 3. The summed E-state index contributed by atoms with van der Waals surface area (Å²) >= 11 is 7.17. The number of ether oxygens (including phenoxy) is 2. The van der Waals surface area contributed by atoms with Crippen molar-refractivity contribution in [2.75, 3.05) is 18.5 Å². The molecule has 41 heavy (non-hydrogen) atoms. The Hall–Kier alpha value is -3.81. The Morgan fingerprint density at radius 3 is 2.44 bits per heavy atom. The lowest BCUT2D eigenvalue weighted by Gasteiger charge is -2.23. The molecule has 0 atom stereocenters. The van der Waals surface area contributed by atoms with Gasteiger partial charge >= 0.3 is 6.18 Å². The predicted octanol–water partition coefficient (Wildman–Crippen LogP) is 6.78. The first-order valence-corrected chi connectivity index (χ1v) is 14.5. The second-order valence-electron chi connectivity index (χ2n) is 8.91. The summed E-state index contributed by atoms with van der Waals surface area (Å²) in [5.74, 6) is 0.985. The van der Waals surface area contributed by atoms with Crippen LogP contribution in [0.4, 0.5) is 18.3 Å². The quantitative estimate of drug-likeness (QED) is 0.190. The monoisotopic (exact) mass is 622 g/mol. The fourth-order valence-electron chi connectivity index (χ4n) is 4.42. The lowest BCUT2D eigenvalue weighted by Crippen LogP contribution is -2.30. The smallest absolute Gasteiger partial charge is 0.416 e. The van der Waals surface area contributed by atoms with Crippen LogP contribution in [-0.2, 0) is 29.8 Å². The highest BCUT2D eigenvalue weighted by atomic mass is 35.5. The summed E-state index contributed by atoms with van der Waals surface area (Å²) < 4.78 is 85.0. The molecule has 2 heterocycles. The zero-order valence-electron chi connectivity index (χ0n) is 21.8. The van der Waals surface area contributed by atoms with E-state index in [4.69, 9.17) is 21.1 Å². The molecule has 8 nitrogen and oxygen atoms in total. The van der Waals surface area contributed by atoms with E-state index in [1.54, 1.807) is 41.9 Å². The van der Waals surface area contributed by atoms with Gasteiger partial charge in [-0.2, -0.15) is 17.5 Å². The largest absolute Gasteiger partial charge is 0.497 e. The summed E-state index contributed by atoms with van der Waals surface area (Å²) in [4.78, 5) is 4.13. The number of halogens is 4. The lowest BCUT2D eigenvalue weighted by molar-refractivity contribution is -0.137. The third-order valence-electron chi connectivity index (χ3n) is 6.55. The van der Waals surface area contributed by atoms with Crippen LogP contribution in [-0.4, -0.2) is 36.6 Å². The van der Waals surface area contributed by atoms with Gasteiger partial charge in [-0.25, -0.2) is 17.7 Å². The van der Waals surface area contributed by atoms with Crippen molar-refractivity contribution in [2.45, 2.75) is 17.6 Å². The van der Waals surface area contributed by atoms with Crippen molar-refractivity contribution in [1.82, 2.24) is 13.9 Å². The van der Waals surface area contributed by atoms with E-state index in [2.05, 4.69) is 9.36 Å². The number of alkyl halides is 3. The van der Waals surface area contributed by atoms with Crippen molar-refractivity contribution >= 4 is 49.2 Å². The maximum atomic E-state index is 14.0. The lowest BCUT2D eigenvalue weighted by atomic mass is 10.1. The fraction of sp³-hybridized carbons (Fsp3) is 0.185. The van der Waals surface area contributed by atoms with Crippen LogP contribution in [0.1, 0.15) is 11.1 Å².